The Morgan fingerprint density at radius 2 is 0.496 bits per heavy atom. The molecule has 0 radical (unpaired) electrons. The number of rotatable bonds is 11. The molecule has 2 nitrogen and oxygen atoms in total. The van der Waals surface area contributed by atoms with Gasteiger partial charge in [-0.1, -0.05) is 380 Å². The van der Waals surface area contributed by atoms with Crippen molar-refractivity contribution in [1.82, 2.24) is 9.55 Å². The van der Waals surface area contributed by atoms with Gasteiger partial charge >= 0.3 is 0 Å². The summed E-state index contributed by atoms with van der Waals surface area (Å²) in [5.74, 6) is 0. The van der Waals surface area contributed by atoms with E-state index in [0.717, 1.165) is 10.2 Å². The lowest BCUT2D eigenvalue weighted by Gasteiger charge is -2.24. The molecule has 0 atom stereocenters. The maximum Gasteiger partial charge on any atom is 0.0547 e. The van der Waals surface area contributed by atoms with Crippen LogP contribution in [-0.4, -0.2) is 9.55 Å². The maximum absolute atomic E-state index is 3.63. The molecule has 0 fully saturated rings. The Labute approximate surface area is 677 Å². The van der Waals surface area contributed by atoms with Gasteiger partial charge in [0.1, 0.15) is 0 Å². The molecular formula is C112H75BrN2. The molecule has 0 aliphatic carbocycles. The number of nitrogens with zero attached hydrogens (tertiary/aromatic N) is 1. The van der Waals surface area contributed by atoms with Crippen LogP contribution in [0.3, 0.4) is 0 Å². The summed E-state index contributed by atoms with van der Waals surface area (Å²) in [4.78, 5) is 3.52. The second kappa shape index (κ2) is 30.7. The minimum absolute atomic E-state index is 1.07. The Morgan fingerprint density at radius 1 is 0.183 bits per heavy atom. The molecule has 115 heavy (non-hydrogen) atoms. The summed E-state index contributed by atoms with van der Waals surface area (Å²) in [6, 6.07) is 162. The van der Waals surface area contributed by atoms with Gasteiger partial charge in [-0.2, -0.15) is 0 Å². The molecule has 0 amide bonds. The number of H-pyrrole nitrogens is 1. The molecule has 2 heterocycles. The van der Waals surface area contributed by atoms with Crippen LogP contribution in [0.25, 0.3) is 204 Å². The molecule has 22 aromatic rings. The highest BCUT2D eigenvalue weighted by atomic mass is 79.9. The Balaban J connectivity index is 0.000000125. The van der Waals surface area contributed by atoms with E-state index in [9.17, 15) is 0 Å². The molecular weight excluding hydrogens is 1450 g/mol. The van der Waals surface area contributed by atoms with Gasteiger partial charge in [-0.05, 0) is 239 Å². The fourth-order valence-electron chi connectivity index (χ4n) is 17.5. The van der Waals surface area contributed by atoms with Gasteiger partial charge in [0.15, 0.2) is 0 Å². The molecule has 0 unspecified atom stereocenters. The van der Waals surface area contributed by atoms with E-state index >= 15 is 0 Å². The lowest BCUT2D eigenvalue weighted by Crippen LogP contribution is -1.98. The van der Waals surface area contributed by atoms with E-state index < -0.39 is 0 Å². The van der Waals surface area contributed by atoms with E-state index in [-0.39, 0.29) is 0 Å². The maximum atomic E-state index is 3.63. The Kier molecular flexibility index (Phi) is 18.6. The molecule has 0 bridgehead atoms. The van der Waals surface area contributed by atoms with Gasteiger partial charge in [0.25, 0.3) is 0 Å². The van der Waals surface area contributed by atoms with Crippen LogP contribution in [0.5, 0.6) is 0 Å². The first-order valence-electron chi connectivity index (χ1n) is 39.4. The molecule has 0 saturated heterocycles. The first-order chi connectivity index (χ1) is 57.0. The van der Waals surface area contributed by atoms with Crippen molar-refractivity contribution in [2.75, 3.05) is 0 Å². The number of benzene rings is 20. The van der Waals surface area contributed by atoms with E-state index in [4.69, 9.17) is 0 Å². The molecule has 0 saturated carbocycles. The summed E-state index contributed by atoms with van der Waals surface area (Å²) in [6.45, 7) is 0. The smallest absolute Gasteiger partial charge is 0.0547 e. The number of aromatic amines is 1. The number of hydrogen-bond acceptors (Lipinski definition) is 0. The summed E-state index contributed by atoms with van der Waals surface area (Å²) < 4.78 is 3.51. The van der Waals surface area contributed by atoms with Gasteiger partial charge in [0, 0.05) is 42.7 Å². The number of aromatic nitrogens is 2. The van der Waals surface area contributed by atoms with Crippen molar-refractivity contribution < 1.29 is 0 Å². The normalized spacial score (nSPS) is 11.3. The minimum atomic E-state index is 1.07. The van der Waals surface area contributed by atoms with Crippen LogP contribution in [0, 0.1) is 0 Å². The van der Waals surface area contributed by atoms with Gasteiger partial charge in [0.2, 0.25) is 0 Å². The molecule has 540 valence electrons. The largest absolute Gasteiger partial charge is 0.354 e. The first-order valence-corrected chi connectivity index (χ1v) is 40.2. The van der Waals surface area contributed by atoms with Crippen molar-refractivity contribution in [2.24, 2.45) is 0 Å². The highest BCUT2D eigenvalue weighted by Crippen LogP contribution is 2.53. The van der Waals surface area contributed by atoms with Crippen LogP contribution < -0.4 is 0 Å². The molecule has 1 N–H and O–H groups in total. The van der Waals surface area contributed by atoms with Gasteiger partial charge < -0.3 is 9.55 Å². The summed E-state index contributed by atoms with van der Waals surface area (Å²) in [5.41, 5.74) is 30.2. The first kappa shape index (κ1) is 69.7. The summed E-state index contributed by atoms with van der Waals surface area (Å²) >= 11 is 3.63. The minimum Gasteiger partial charge on any atom is -0.354 e. The van der Waals surface area contributed by atoms with E-state index in [2.05, 4.69) is 474 Å². The lowest BCUT2D eigenvalue weighted by molar-refractivity contribution is 1.18. The zero-order chi connectivity index (χ0) is 76.5. The zero-order valence-electron chi connectivity index (χ0n) is 63.0. The van der Waals surface area contributed by atoms with Crippen molar-refractivity contribution in [3.63, 3.8) is 0 Å². The quantitative estimate of drug-likeness (QED) is 0.125. The van der Waals surface area contributed by atoms with Crippen LogP contribution in [0.4, 0.5) is 0 Å². The summed E-state index contributed by atoms with van der Waals surface area (Å²) in [6.07, 6.45) is 0. The van der Waals surface area contributed by atoms with E-state index in [1.165, 1.54) is 198 Å². The Morgan fingerprint density at radius 3 is 0.913 bits per heavy atom. The van der Waals surface area contributed by atoms with Crippen molar-refractivity contribution in [3.05, 3.63) is 453 Å². The van der Waals surface area contributed by atoms with Crippen LogP contribution in [0.15, 0.2) is 453 Å². The van der Waals surface area contributed by atoms with Crippen molar-refractivity contribution in [1.29, 1.82) is 0 Å². The zero-order valence-corrected chi connectivity index (χ0v) is 64.6. The van der Waals surface area contributed by atoms with Gasteiger partial charge in [0.05, 0.1) is 11.0 Å². The lowest BCUT2D eigenvalue weighted by atomic mass is 9.79. The highest BCUT2D eigenvalue weighted by molar-refractivity contribution is 9.10. The predicted octanol–water partition coefficient (Wildman–Crippen LogP) is 31.8. The standard InChI is InChI=1S/C56H37N.C36H25Br.C20H13N/c1-5-17-38(18-6-1)49-37-50(54(41-21-9-3-10-22-41)55(42-23-11-4-12-24-42)53(49)40-19-7-2-8-20-40)39-29-32-46(33-30-39)57-51-28-16-15-27-47(51)56-48-36-44-26-14-13-25-43(44)35-45(48)31-34-52(56)57;37-31-23-21-27(22-24-31)33-25-32(26-13-5-1-6-14-26)34(28-15-7-2-8-16-28)36(30-19-11-4-12-20-30)35(33)29-17-9-3-10-18-29;1-2-6-14-12-17-15(11-13(14)5-1)9-10-19-20(17)16-7-3-4-8-18(16)21-19/h1-37H;1-25H;1-12,21H. The molecule has 0 spiro atoms. The van der Waals surface area contributed by atoms with Crippen molar-refractivity contribution >= 4 is 103 Å². The van der Waals surface area contributed by atoms with Gasteiger partial charge in [-0.25, -0.2) is 0 Å². The summed E-state index contributed by atoms with van der Waals surface area (Å²) in [7, 11) is 0. The fraction of sp³-hybridized carbons (Fsp3) is 0. The number of nitrogens with one attached hydrogen (secondary N) is 1. The van der Waals surface area contributed by atoms with Crippen molar-refractivity contribution in [3.8, 4) is 117 Å². The average molecular weight is 1530 g/mol. The number of fused-ring (bicyclic) bond motifs is 12. The third kappa shape index (κ3) is 13.2. The second-order valence-corrected chi connectivity index (χ2v) is 30.4. The number of halogens is 1. The Bertz CT molecular complexity index is 7310. The van der Waals surface area contributed by atoms with Gasteiger partial charge in [-0.15, -0.1) is 0 Å². The Hall–Kier alpha value is -14.5. The number of hydrogen-bond donors (Lipinski definition) is 1. The average Bonchev–Trinajstić information content (AvgIpc) is 1.68. The van der Waals surface area contributed by atoms with E-state index in [1.807, 2.05) is 0 Å². The predicted molar refractivity (Wildman–Crippen MR) is 495 cm³/mol. The SMILES string of the molecule is Brc1ccc(-c2cc(-c3ccccc3)c(-c3ccccc3)c(-c3ccccc3)c2-c2ccccc2)cc1.c1ccc(-c2cc(-c3ccc(-n4c5ccccc5c5c6cc7ccccc7cc6ccc54)cc3)c(-c3ccccc3)c(-c3ccccc3)c2-c2ccccc2)cc1.c1ccc2cc3c(ccc4[nH]c5ccccc5c43)cc2c1. The molecule has 22 rings (SSSR count). The topological polar surface area (TPSA) is 20.7 Å². The van der Waals surface area contributed by atoms with Crippen LogP contribution >= 0.6 is 15.9 Å². The monoisotopic (exact) mass is 1530 g/mol. The second-order valence-electron chi connectivity index (χ2n) is 29.5. The number of para-hydroxylation sites is 2. The molecule has 0 aliphatic rings. The highest BCUT2D eigenvalue weighted by Gasteiger charge is 2.27. The molecule has 20 aromatic carbocycles. The van der Waals surface area contributed by atoms with Crippen molar-refractivity contribution in [2.45, 2.75) is 0 Å². The summed E-state index contributed by atoms with van der Waals surface area (Å²) in [5, 5.41) is 15.5. The fourth-order valence-corrected chi connectivity index (χ4v) is 17.7. The van der Waals surface area contributed by atoms with E-state index in [1.54, 1.807) is 0 Å². The van der Waals surface area contributed by atoms with Crippen LogP contribution in [-0.2, 0) is 0 Å². The van der Waals surface area contributed by atoms with Gasteiger partial charge in [-0.3, -0.25) is 0 Å². The third-order valence-electron chi connectivity index (χ3n) is 22.7. The van der Waals surface area contributed by atoms with Crippen LogP contribution in [0.1, 0.15) is 0 Å². The van der Waals surface area contributed by atoms with Crippen LogP contribution in [0.2, 0.25) is 0 Å². The molecule has 3 heteroatoms. The molecule has 2 aromatic heterocycles. The van der Waals surface area contributed by atoms with E-state index in [0.29, 0.717) is 0 Å². The molecule has 0 aliphatic heterocycles. The third-order valence-corrected chi connectivity index (χ3v) is 23.2.